The van der Waals surface area contributed by atoms with Gasteiger partial charge < -0.3 is 5.32 Å². The van der Waals surface area contributed by atoms with Crippen molar-refractivity contribution >= 4 is 17.7 Å². The number of benzene rings is 2. The molecule has 2 aromatic carbocycles. The Kier molecular flexibility index (Phi) is 4.53. The Morgan fingerprint density at radius 2 is 1.86 bits per heavy atom. The van der Waals surface area contributed by atoms with E-state index in [0.717, 1.165) is 28.9 Å². The van der Waals surface area contributed by atoms with Gasteiger partial charge in [0.1, 0.15) is 5.54 Å². The standard InChI is InChI=1S/C23H24N2O3/c1-3-15(2)16-8-10-18(11-9-16)20(26)14-25-21(27)23(24-22(25)28)13-12-17-6-4-5-7-19(17)23/h4-11,15H,3,12-14H2,1-2H3,(H,24,28)/t15-,23-/m1/s1. The van der Waals surface area contributed by atoms with Crippen molar-refractivity contribution in [3.63, 3.8) is 0 Å². The summed E-state index contributed by atoms with van der Waals surface area (Å²) in [6, 6.07) is 14.6. The van der Waals surface area contributed by atoms with Crippen molar-refractivity contribution in [2.24, 2.45) is 0 Å². The van der Waals surface area contributed by atoms with Crippen molar-refractivity contribution in [3.05, 3.63) is 70.8 Å². The van der Waals surface area contributed by atoms with Crippen molar-refractivity contribution in [1.82, 2.24) is 10.2 Å². The second-order valence-corrected chi connectivity index (χ2v) is 7.74. The summed E-state index contributed by atoms with van der Waals surface area (Å²) in [4.78, 5) is 39.5. The second-order valence-electron chi connectivity index (χ2n) is 7.74. The van der Waals surface area contributed by atoms with Crippen LogP contribution in [-0.4, -0.2) is 29.2 Å². The molecule has 1 saturated heterocycles. The van der Waals surface area contributed by atoms with E-state index in [1.165, 1.54) is 5.56 Å². The summed E-state index contributed by atoms with van der Waals surface area (Å²) in [5, 5.41) is 2.86. The topological polar surface area (TPSA) is 66.5 Å². The molecule has 0 aromatic heterocycles. The van der Waals surface area contributed by atoms with E-state index in [1.54, 1.807) is 12.1 Å². The first-order valence-corrected chi connectivity index (χ1v) is 9.82. The number of ketones is 1. The minimum atomic E-state index is -1.02. The molecule has 1 heterocycles. The SMILES string of the molecule is CC[C@@H](C)c1ccc(C(=O)CN2C(=O)N[C@@]3(CCc4ccccc43)C2=O)cc1. The lowest BCUT2D eigenvalue weighted by atomic mass is 9.92. The van der Waals surface area contributed by atoms with Gasteiger partial charge in [-0.25, -0.2) is 4.79 Å². The van der Waals surface area contributed by atoms with E-state index in [1.807, 2.05) is 36.4 Å². The minimum Gasteiger partial charge on any atom is -0.319 e. The molecule has 5 nitrogen and oxygen atoms in total. The van der Waals surface area contributed by atoms with Crippen molar-refractivity contribution in [1.29, 1.82) is 0 Å². The van der Waals surface area contributed by atoms with Crippen molar-refractivity contribution < 1.29 is 14.4 Å². The Bertz CT molecular complexity index is 951. The van der Waals surface area contributed by atoms with E-state index < -0.39 is 11.6 Å². The average Bonchev–Trinajstić information content (AvgIpc) is 3.21. The summed E-state index contributed by atoms with van der Waals surface area (Å²) >= 11 is 0. The molecule has 1 fully saturated rings. The molecule has 1 spiro atoms. The van der Waals surface area contributed by atoms with Crippen LogP contribution in [0.15, 0.2) is 48.5 Å². The van der Waals surface area contributed by atoms with Crippen LogP contribution in [0.1, 0.15) is 59.7 Å². The lowest BCUT2D eigenvalue weighted by Gasteiger charge is -2.22. The summed E-state index contributed by atoms with van der Waals surface area (Å²) < 4.78 is 0. The summed E-state index contributed by atoms with van der Waals surface area (Å²) in [7, 11) is 0. The molecular formula is C23H24N2O3. The number of fused-ring (bicyclic) bond motifs is 2. The zero-order chi connectivity index (χ0) is 19.9. The Balaban J connectivity index is 1.54. The maximum atomic E-state index is 13.1. The molecule has 0 bridgehead atoms. The Labute approximate surface area is 164 Å². The fourth-order valence-corrected chi connectivity index (χ4v) is 4.20. The molecule has 3 amide bonds. The van der Waals surface area contributed by atoms with Gasteiger partial charge in [-0.05, 0) is 41.9 Å². The first kappa shape index (κ1) is 18.4. The number of Topliss-reactive ketones (excluding diaryl/α,β-unsaturated/α-hetero) is 1. The molecule has 0 unspecified atom stereocenters. The Morgan fingerprint density at radius 1 is 1.14 bits per heavy atom. The second kappa shape index (κ2) is 6.89. The molecule has 144 valence electrons. The van der Waals surface area contributed by atoms with E-state index >= 15 is 0 Å². The largest absolute Gasteiger partial charge is 0.325 e. The fraction of sp³-hybridized carbons (Fsp3) is 0.348. The molecule has 1 aliphatic carbocycles. The number of hydrogen-bond donors (Lipinski definition) is 1. The van der Waals surface area contributed by atoms with Crippen LogP contribution in [0.25, 0.3) is 0 Å². The van der Waals surface area contributed by atoms with Gasteiger partial charge in [0, 0.05) is 5.56 Å². The van der Waals surface area contributed by atoms with Crippen LogP contribution in [0, 0.1) is 0 Å². The fourth-order valence-electron chi connectivity index (χ4n) is 4.20. The lowest BCUT2D eigenvalue weighted by molar-refractivity contribution is -0.131. The molecule has 0 saturated carbocycles. The Hall–Kier alpha value is -2.95. The molecule has 0 radical (unpaired) electrons. The molecule has 5 heteroatoms. The van der Waals surface area contributed by atoms with Gasteiger partial charge in [-0.15, -0.1) is 0 Å². The predicted molar refractivity (Wildman–Crippen MR) is 106 cm³/mol. The van der Waals surface area contributed by atoms with Crippen LogP contribution in [0.3, 0.4) is 0 Å². The molecule has 1 aliphatic heterocycles. The van der Waals surface area contributed by atoms with Gasteiger partial charge in [-0.3, -0.25) is 14.5 Å². The highest BCUT2D eigenvalue weighted by Gasteiger charge is 2.55. The van der Waals surface area contributed by atoms with E-state index in [4.69, 9.17) is 0 Å². The number of nitrogens with one attached hydrogen (secondary N) is 1. The van der Waals surface area contributed by atoms with Crippen LogP contribution >= 0.6 is 0 Å². The van der Waals surface area contributed by atoms with Crippen LogP contribution in [0.5, 0.6) is 0 Å². The number of hydrogen-bond acceptors (Lipinski definition) is 3. The van der Waals surface area contributed by atoms with Crippen LogP contribution < -0.4 is 5.32 Å². The number of rotatable bonds is 5. The number of carbonyl (C=O) groups is 3. The van der Waals surface area contributed by atoms with Crippen LogP contribution in [-0.2, 0) is 16.8 Å². The molecule has 4 rings (SSSR count). The summed E-state index contributed by atoms with van der Waals surface area (Å²) in [5.74, 6) is -0.132. The number of urea groups is 1. The smallest absolute Gasteiger partial charge is 0.319 e. The molecule has 2 aromatic rings. The zero-order valence-electron chi connectivity index (χ0n) is 16.2. The summed E-state index contributed by atoms with van der Waals surface area (Å²) in [6.45, 7) is 4.03. The van der Waals surface area contributed by atoms with E-state index in [-0.39, 0.29) is 18.2 Å². The molecule has 28 heavy (non-hydrogen) atoms. The molecule has 2 aliphatic rings. The van der Waals surface area contributed by atoms with Gasteiger partial charge in [0.2, 0.25) is 0 Å². The van der Waals surface area contributed by atoms with Gasteiger partial charge in [0.05, 0.1) is 6.54 Å². The first-order valence-electron chi connectivity index (χ1n) is 9.82. The Morgan fingerprint density at radius 3 is 2.57 bits per heavy atom. The average molecular weight is 376 g/mol. The normalized spacial score (nSPS) is 21.7. The summed E-state index contributed by atoms with van der Waals surface area (Å²) in [6.07, 6.45) is 2.30. The van der Waals surface area contributed by atoms with Gasteiger partial charge >= 0.3 is 6.03 Å². The van der Waals surface area contributed by atoms with Crippen molar-refractivity contribution in [3.8, 4) is 0 Å². The maximum Gasteiger partial charge on any atom is 0.325 e. The predicted octanol–water partition coefficient (Wildman–Crippen LogP) is 3.78. The zero-order valence-corrected chi connectivity index (χ0v) is 16.2. The van der Waals surface area contributed by atoms with E-state index in [0.29, 0.717) is 17.9 Å². The summed E-state index contributed by atoms with van der Waals surface area (Å²) in [5.41, 5.74) is 2.59. The number of imide groups is 1. The minimum absolute atomic E-state index is 0.234. The highest BCUT2D eigenvalue weighted by molar-refractivity contribution is 6.11. The van der Waals surface area contributed by atoms with Gasteiger partial charge in [0.15, 0.2) is 5.78 Å². The third-order valence-electron chi connectivity index (χ3n) is 6.14. The third kappa shape index (κ3) is 2.82. The number of nitrogens with zero attached hydrogens (tertiary/aromatic N) is 1. The third-order valence-corrected chi connectivity index (χ3v) is 6.14. The quantitative estimate of drug-likeness (QED) is 0.638. The number of amides is 3. The lowest BCUT2D eigenvalue weighted by Crippen LogP contribution is -2.42. The molecular weight excluding hydrogens is 352 g/mol. The van der Waals surface area contributed by atoms with Gasteiger partial charge in [0.25, 0.3) is 5.91 Å². The van der Waals surface area contributed by atoms with Crippen LogP contribution in [0.4, 0.5) is 4.79 Å². The van der Waals surface area contributed by atoms with Gasteiger partial charge in [-0.2, -0.15) is 0 Å². The maximum absolute atomic E-state index is 13.1. The number of carbonyl (C=O) groups excluding carboxylic acids is 3. The van der Waals surface area contributed by atoms with E-state index in [2.05, 4.69) is 19.2 Å². The van der Waals surface area contributed by atoms with Crippen LogP contribution in [0.2, 0.25) is 0 Å². The monoisotopic (exact) mass is 376 g/mol. The highest BCUT2D eigenvalue weighted by atomic mass is 16.2. The van der Waals surface area contributed by atoms with Crippen molar-refractivity contribution in [2.45, 2.75) is 44.6 Å². The molecule has 2 atom stereocenters. The molecule has 1 N–H and O–H groups in total. The number of aryl methyl sites for hydroxylation is 1. The van der Waals surface area contributed by atoms with Gasteiger partial charge in [-0.1, -0.05) is 62.4 Å². The van der Waals surface area contributed by atoms with Crippen molar-refractivity contribution in [2.75, 3.05) is 6.54 Å². The van der Waals surface area contributed by atoms with E-state index in [9.17, 15) is 14.4 Å². The first-order chi connectivity index (χ1) is 13.5. The highest BCUT2D eigenvalue weighted by Crippen LogP contribution is 2.41.